The van der Waals surface area contributed by atoms with E-state index in [1.165, 1.54) is 30.3 Å². The monoisotopic (exact) mass is 574 g/mol. The van der Waals surface area contributed by atoms with E-state index in [9.17, 15) is 22.9 Å². The van der Waals surface area contributed by atoms with Crippen LogP contribution in [0.5, 0.6) is 5.75 Å². The van der Waals surface area contributed by atoms with Gasteiger partial charge in [-0.3, -0.25) is 9.35 Å². The molecule has 0 aliphatic rings. The number of nitrogen functional groups attached to an aromatic ring is 1. The Labute approximate surface area is 217 Å². The third-order valence-electron chi connectivity index (χ3n) is 4.55. The maximum atomic E-state index is 12.2. The number of carbonyl (C=O) groups excluding carboxylic acids is 1. The van der Waals surface area contributed by atoms with Gasteiger partial charge in [-0.25, -0.2) is 10.5 Å². The number of anilines is 2. The number of phenols is 1. The number of amides is 1. The molecule has 1 amide bonds. The standard InChI is InChI=1S/C19H18N4O11S3/c1-2-16(24)21-13-8-11(35-33-31-26)5-9-6-15(37(28,29)30)18(19(25)17(9)13)23-22-12-7-10(20)3-4-14(12)36-34-32-27/h3-8,25-27H,2,20H2,1H3,(H,21,24)(H,28,29,30). The number of benzene rings is 3. The number of hydrogen-bond donors (Lipinski definition) is 6. The molecule has 0 saturated carbocycles. The van der Waals surface area contributed by atoms with E-state index in [2.05, 4.69) is 34.3 Å². The molecule has 0 radical (unpaired) electrons. The highest BCUT2D eigenvalue weighted by Crippen LogP contribution is 2.46. The van der Waals surface area contributed by atoms with Crippen LogP contribution in [0.25, 0.3) is 10.8 Å². The largest absolute Gasteiger partial charge is 0.505 e. The molecule has 0 unspecified atom stereocenters. The van der Waals surface area contributed by atoms with Crippen molar-refractivity contribution < 1.29 is 52.1 Å². The summed E-state index contributed by atoms with van der Waals surface area (Å²) in [5.74, 6) is -1.19. The van der Waals surface area contributed by atoms with Gasteiger partial charge in [0, 0.05) is 22.4 Å². The van der Waals surface area contributed by atoms with Crippen molar-refractivity contribution in [3.05, 3.63) is 36.4 Å². The molecule has 0 fully saturated rings. The van der Waals surface area contributed by atoms with Gasteiger partial charge < -0.3 is 16.2 Å². The quantitative estimate of drug-likeness (QED) is 0.0442. The Balaban J connectivity index is 2.27. The van der Waals surface area contributed by atoms with E-state index in [0.29, 0.717) is 24.1 Å². The molecule has 0 aliphatic carbocycles. The van der Waals surface area contributed by atoms with Crippen molar-refractivity contribution in [3.63, 3.8) is 0 Å². The Morgan fingerprint density at radius 2 is 1.78 bits per heavy atom. The zero-order valence-corrected chi connectivity index (χ0v) is 21.0. The van der Waals surface area contributed by atoms with Crippen LogP contribution >= 0.6 is 24.1 Å². The summed E-state index contributed by atoms with van der Waals surface area (Å²) in [4.78, 5) is 11.7. The average Bonchev–Trinajstić information content (AvgIpc) is 2.85. The normalized spacial score (nSPS) is 11.9. The molecule has 0 aliphatic heterocycles. The number of azo groups is 1. The van der Waals surface area contributed by atoms with Gasteiger partial charge in [-0.2, -0.15) is 8.42 Å². The van der Waals surface area contributed by atoms with E-state index in [-0.39, 0.29) is 44.0 Å². The number of nitrogens with two attached hydrogens (primary N) is 1. The van der Waals surface area contributed by atoms with Gasteiger partial charge >= 0.3 is 0 Å². The molecule has 0 aromatic heterocycles. The number of rotatable bonds is 11. The molecule has 0 spiro atoms. The van der Waals surface area contributed by atoms with Gasteiger partial charge in [-0.05, 0) is 41.8 Å². The number of carbonyl (C=O) groups is 1. The topological polar surface area (TPSA) is 232 Å². The van der Waals surface area contributed by atoms with Crippen molar-refractivity contribution in [3.8, 4) is 5.75 Å². The highest BCUT2D eigenvalue weighted by molar-refractivity contribution is 7.94. The zero-order chi connectivity index (χ0) is 27.2. The summed E-state index contributed by atoms with van der Waals surface area (Å²) in [6.07, 6.45) is 0.0705. The van der Waals surface area contributed by atoms with Crippen molar-refractivity contribution >= 4 is 73.6 Å². The molecule has 3 aromatic rings. The van der Waals surface area contributed by atoms with Gasteiger partial charge in [-0.1, -0.05) is 17.0 Å². The lowest BCUT2D eigenvalue weighted by molar-refractivity contribution is -0.432. The minimum Gasteiger partial charge on any atom is -0.505 e. The third kappa shape index (κ3) is 7.05. The summed E-state index contributed by atoms with van der Waals surface area (Å²) in [5.41, 5.74) is 5.39. The van der Waals surface area contributed by atoms with Crippen molar-refractivity contribution in [2.24, 2.45) is 10.2 Å². The van der Waals surface area contributed by atoms with Crippen LogP contribution in [-0.4, -0.2) is 34.5 Å². The number of aromatic hydroxyl groups is 1. The van der Waals surface area contributed by atoms with E-state index in [1.807, 2.05) is 0 Å². The third-order valence-corrected chi connectivity index (χ3v) is 6.63. The van der Waals surface area contributed by atoms with Crippen molar-refractivity contribution in [1.29, 1.82) is 0 Å². The summed E-state index contributed by atoms with van der Waals surface area (Å²) < 4.78 is 43.0. The number of nitrogens with one attached hydrogen (secondary N) is 1. The Bertz CT molecular complexity index is 1450. The van der Waals surface area contributed by atoms with Gasteiger partial charge in [0.1, 0.15) is 16.3 Å². The molecule has 3 aromatic carbocycles. The smallest absolute Gasteiger partial charge is 0.296 e. The summed E-state index contributed by atoms with van der Waals surface area (Å²) in [7, 11) is -4.97. The Morgan fingerprint density at radius 1 is 1.08 bits per heavy atom. The number of hydrogen-bond acceptors (Lipinski definition) is 15. The highest BCUT2D eigenvalue weighted by Gasteiger charge is 2.25. The van der Waals surface area contributed by atoms with Crippen molar-refractivity contribution in [2.75, 3.05) is 11.1 Å². The first kappa shape index (κ1) is 28.5. The van der Waals surface area contributed by atoms with E-state index in [1.54, 1.807) is 6.92 Å². The molecule has 0 bridgehead atoms. The molecule has 0 atom stereocenters. The van der Waals surface area contributed by atoms with Crippen LogP contribution in [0.15, 0.2) is 61.3 Å². The number of fused-ring (bicyclic) bond motifs is 1. The van der Waals surface area contributed by atoms with E-state index in [0.717, 1.165) is 6.07 Å². The Morgan fingerprint density at radius 3 is 2.43 bits per heavy atom. The lowest BCUT2D eigenvalue weighted by Gasteiger charge is -2.14. The summed E-state index contributed by atoms with van der Waals surface area (Å²) in [5, 5.41) is 45.3. The fourth-order valence-corrected chi connectivity index (χ4v) is 4.55. The summed E-state index contributed by atoms with van der Waals surface area (Å²) in [6, 6.07) is 7.91. The van der Waals surface area contributed by atoms with Gasteiger partial charge in [0.15, 0.2) is 5.75 Å². The lowest BCUT2D eigenvalue weighted by atomic mass is 10.1. The number of phenolic OH excluding ortho intramolecular Hbond substituents is 1. The van der Waals surface area contributed by atoms with E-state index < -0.39 is 32.4 Å². The SMILES string of the molecule is CCC(=O)Nc1cc(SOOO)cc2cc(S(=O)(=O)O)c(N=Nc3cc(N)ccc3SOOO)c(O)c12. The molecule has 37 heavy (non-hydrogen) atoms. The molecular formula is C19H18N4O11S3. The van der Waals surface area contributed by atoms with Crippen LogP contribution in [0, 0.1) is 0 Å². The predicted molar refractivity (Wildman–Crippen MR) is 131 cm³/mol. The predicted octanol–water partition coefficient (Wildman–Crippen LogP) is 4.99. The Kier molecular flexibility index (Phi) is 9.62. The van der Waals surface area contributed by atoms with Crippen LogP contribution in [-0.2, 0) is 33.7 Å². The minimum absolute atomic E-state index is 0.0234. The van der Waals surface area contributed by atoms with Crippen LogP contribution in [0.2, 0.25) is 0 Å². The second-order valence-corrected chi connectivity index (χ2v) is 9.80. The van der Waals surface area contributed by atoms with E-state index in [4.69, 9.17) is 16.2 Å². The van der Waals surface area contributed by atoms with Gasteiger partial charge in [0.2, 0.25) is 5.91 Å². The van der Waals surface area contributed by atoms with Crippen molar-refractivity contribution in [1.82, 2.24) is 0 Å². The molecule has 0 heterocycles. The minimum atomic E-state index is -4.97. The average molecular weight is 575 g/mol. The molecule has 18 heteroatoms. The zero-order valence-electron chi connectivity index (χ0n) is 18.5. The maximum Gasteiger partial charge on any atom is 0.296 e. The fraction of sp³-hybridized carbons (Fsp3) is 0.105. The second kappa shape index (κ2) is 12.5. The van der Waals surface area contributed by atoms with Gasteiger partial charge in [0.25, 0.3) is 10.1 Å². The molecule has 3 rings (SSSR count). The van der Waals surface area contributed by atoms with Crippen LogP contribution in [0.4, 0.5) is 22.7 Å². The molecule has 15 nitrogen and oxygen atoms in total. The first-order chi connectivity index (χ1) is 17.6. The molecular weight excluding hydrogens is 556 g/mol. The van der Waals surface area contributed by atoms with Crippen LogP contribution < -0.4 is 11.1 Å². The molecule has 7 N–H and O–H groups in total. The molecule has 0 saturated heterocycles. The summed E-state index contributed by atoms with van der Waals surface area (Å²) in [6.45, 7) is 1.58. The van der Waals surface area contributed by atoms with Crippen LogP contribution in [0.1, 0.15) is 13.3 Å². The lowest BCUT2D eigenvalue weighted by Crippen LogP contribution is -2.10. The van der Waals surface area contributed by atoms with E-state index >= 15 is 0 Å². The highest BCUT2D eigenvalue weighted by atomic mass is 32.2. The second-order valence-electron chi connectivity index (χ2n) is 6.90. The number of nitrogens with zero attached hydrogens (tertiary/aromatic N) is 2. The first-order valence-electron chi connectivity index (χ1n) is 9.80. The fourth-order valence-electron chi connectivity index (χ4n) is 3.03. The van der Waals surface area contributed by atoms with Gasteiger partial charge in [-0.15, -0.1) is 18.9 Å². The Hall–Kier alpha value is -3.04. The first-order valence-corrected chi connectivity index (χ1v) is 12.7. The summed E-state index contributed by atoms with van der Waals surface area (Å²) >= 11 is 1.04. The molecule has 198 valence electrons. The van der Waals surface area contributed by atoms with Gasteiger partial charge in [0.05, 0.1) is 34.7 Å². The van der Waals surface area contributed by atoms with Crippen LogP contribution in [0.3, 0.4) is 0 Å². The maximum absolute atomic E-state index is 12.2. The van der Waals surface area contributed by atoms with Crippen molar-refractivity contribution in [2.45, 2.75) is 28.0 Å².